The van der Waals surface area contributed by atoms with Crippen LogP contribution in [-0.2, 0) is 10.0 Å². The predicted molar refractivity (Wildman–Crippen MR) is 103 cm³/mol. The number of aromatic nitrogens is 1. The van der Waals surface area contributed by atoms with E-state index in [1.807, 2.05) is 0 Å². The highest BCUT2D eigenvalue weighted by molar-refractivity contribution is 7.89. The lowest BCUT2D eigenvalue weighted by atomic mass is 10.1. The van der Waals surface area contributed by atoms with Crippen molar-refractivity contribution in [1.82, 2.24) is 14.2 Å². The number of amides is 1. The van der Waals surface area contributed by atoms with Crippen molar-refractivity contribution >= 4 is 26.8 Å². The van der Waals surface area contributed by atoms with Crippen LogP contribution in [0, 0.1) is 11.6 Å². The fourth-order valence-electron chi connectivity index (χ4n) is 3.45. The molecule has 3 aromatic rings. The lowest BCUT2D eigenvalue weighted by Crippen LogP contribution is -2.50. The number of benzene rings is 2. The van der Waals surface area contributed by atoms with Gasteiger partial charge in [-0.3, -0.25) is 9.78 Å². The number of hydrogen-bond donors (Lipinski definition) is 0. The number of nitrogens with zero attached hydrogens (tertiary/aromatic N) is 3. The van der Waals surface area contributed by atoms with E-state index in [0.29, 0.717) is 16.5 Å². The van der Waals surface area contributed by atoms with Gasteiger partial charge in [0.2, 0.25) is 10.0 Å². The smallest absolute Gasteiger partial charge is 0.254 e. The molecule has 1 saturated heterocycles. The molecule has 1 aromatic heterocycles. The van der Waals surface area contributed by atoms with Crippen molar-refractivity contribution in [2.75, 3.05) is 26.2 Å². The van der Waals surface area contributed by atoms with E-state index in [1.54, 1.807) is 36.5 Å². The van der Waals surface area contributed by atoms with Crippen molar-refractivity contribution in [2.45, 2.75) is 4.90 Å². The zero-order valence-corrected chi connectivity index (χ0v) is 16.1. The molecule has 6 nitrogen and oxygen atoms in total. The van der Waals surface area contributed by atoms with Crippen LogP contribution in [-0.4, -0.2) is 54.7 Å². The van der Waals surface area contributed by atoms with E-state index in [-0.39, 0.29) is 32.1 Å². The Morgan fingerprint density at radius 3 is 2.24 bits per heavy atom. The number of sulfonamides is 1. The van der Waals surface area contributed by atoms with Crippen molar-refractivity contribution in [2.24, 2.45) is 0 Å². The van der Waals surface area contributed by atoms with Gasteiger partial charge in [-0.15, -0.1) is 0 Å². The van der Waals surface area contributed by atoms with Crippen LogP contribution in [0.4, 0.5) is 8.78 Å². The first-order valence-corrected chi connectivity index (χ1v) is 10.4. The molecule has 29 heavy (non-hydrogen) atoms. The van der Waals surface area contributed by atoms with Crippen molar-refractivity contribution in [3.63, 3.8) is 0 Å². The van der Waals surface area contributed by atoms with E-state index in [0.717, 1.165) is 22.5 Å². The number of carbonyl (C=O) groups is 1. The summed E-state index contributed by atoms with van der Waals surface area (Å²) in [6.45, 7) is 0.130. The Hall–Kier alpha value is -2.91. The summed E-state index contributed by atoms with van der Waals surface area (Å²) in [7, 11) is -4.34. The lowest BCUT2D eigenvalue weighted by molar-refractivity contribution is 0.0699. The topological polar surface area (TPSA) is 70.6 Å². The summed E-state index contributed by atoms with van der Waals surface area (Å²) >= 11 is 0. The summed E-state index contributed by atoms with van der Waals surface area (Å²) in [5.74, 6) is -2.50. The molecule has 1 amide bonds. The molecule has 0 aliphatic carbocycles. The van der Waals surface area contributed by atoms with E-state index in [2.05, 4.69) is 4.98 Å². The van der Waals surface area contributed by atoms with Crippen LogP contribution in [0.25, 0.3) is 10.9 Å². The summed E-state index contributed by atoms with van der Waals surface area (Å²) in [6.07, 6.45) is 1.64. The van der Waals surface area contributed by atoms with Crippen molar-refractivity contribution in [3.8, 4) is 0 Å². The Morgan fingerprint density at radius 1 is 0.897 bits per heavy atom. The largest absolute Gasteiger partial charge is 0.336 e. The molecule has 0 radical (unpaired) electrons. The third kappa shape index (κ3) is 3.47. The number of piperazine rings is 1. The zero-order valence-electron chi connectivity index (χ0n) is 15.3. The fourth-order valence-corrected chi connectivity index (χ4v) is 4.98. The molecular weight excluding hydrogens is 400 g/mol. The van der Waals surface area contributed by atoms with Gasteiger partial charge in [-0.25, -0.2) is 17.2 Å². The molecule has 0 bridgehead atoms. The average Bonchev–Trinajstić information content (AvgIpc) is 2.72. The molecule has 4 rings (SSSR count). The molecule has 0 saturated carbocycles. The van der Waals surface area contributed by atoms with Crippen LogP contribution in [0.15, 0.2) is 59.6 Å². The molecule has 150 valence electrons. The van der Waals surface area contributed by atoms with Crippen LogP contribution < -0.4 is 0 Å². The van der Waals surface area contributed by atoms with Crippen LogP contribution in [0.5, 0.6) is 0 Å². The number of rotatable bonds is 3. The third-order valence-corrected chi connectivity index (χ3v) is 6.87. The molecule has 2 aromatic carbocycles. The Bertz CT molecular complexity index is 1170. The highest BCUT2D eigenvalue weighted by Crippen LogP contribution is 2.24. The van der Waals surface area contributed by atoms with Crippen LogP contribution in [0.1, 0.15) is 10.4 Å². The van der Waals surface area contributed by atoms with Gasteiger partial charge in [-0.05, 0) is 30.3 Å². The number of halogens is 2. The maximum absolute atomic E-state index is 14.0. The van der Waals surface area contributed by atoms with E-state index < -0.39 is 26.6 Å². The average molecular weight is 417 g/mol. The van der Waals surface area contributed by atoms with Crippen LogP contribution in [0.3, 0.4) is 0 Å². The summed E-state index contributed by atoms with van der Waals surface area (Å²) in [4.78, 5) is 17.8. The van der Waals surface area contributed by atoms with Gasteiger partial charge in [0.15, 0.2) is 4.90 Å². The molecular formula is C20H17F2N3O3S. The fraction of sp³-hybridized carbons (Fsp3) is 0.200. The van der Waals surface area contributed by atoms with E-state index in [9.17, 15) is 22.0 Å². The van der Waals surface area contributed by atoms with Gasteiger partial charge in [-0.2, -0.15) is 4.31 Å². The van der Waals surface area contributed by atoms with Crippen molar-refractivity contribution in [1.29, 1.82) is 0 Å². The second-order valence-electron chi connectivity index (χ2n) is 6.62. The number of hydrogen-bond acceptors (Lipinski definition) is 4. The highest BCUT2D eigenvalue weighted by Gasteiger charge is 2.34. The van der Waals surface area contributed by atoms with Gasteiger partial charge >= 0.3 is 0 Å². The normalized spacial score (nSPS) is 15.6. The summed E-state index contributed by atoms with van der Waals surface area (Å²) in [5, 5.41) is 0.712. The molecule has 2 heterocycles. The van der Waals surface area contributed by atoms with Gasteiger partial charge < -0.3 is 4.90 Å². The van der Waals surface area contributed by atoms with Gasteiger partial charge in [0.25, 0.3) is 5.91 Å². The minimum Gasteiger partial charge on any atom is -0.336 e. The van der Waals surface area contributed by atoms with Gasteiger partial charge in [0, 0.05) is 43.3 Å². The Balaban J connectivity index is 1.54. The molecule has 1 aliphatic heterocycles. The van der Waals surface area contributed by atoms with Crippen LogP contribution >= 0.6 is 0 Å². The lowest BCUT2D eigenvalue weighted by Gasteiger charge is -2.34. The number of carbonyl (C=O) groups excluding carboxylic acids is 1. The summed E-state index contributed by atoms with van der Waals surface area (Å²) < 4.78 is 54.3. The first-order valence-electron chi connectivity index (χ1n) is 8.97. The van der Waals surface area contributed by atoms with E-state index in [1.165, 1.54) is 4.90 Å². The maximum atomic E-state index is 14.0. The first kappa shape index (κ1) is 19.4. The molecule has 0 N–H and O–H groups in total. The van der Waals surface area contributed by atoms with Gasteiger partial charge in [-0.1, -0.05) is 18.2 Å². The molecule has 0 atom stereocenters. The second kappa shape index (κ2) is 7.49. The van der Waals surface area contributed by atoms with Crippen molar-refractivity contribution < 1.29 is 22.0 Å². The minimum absolute atomic E-state index is 0.0507. The predicted octanol–water partition coefficient (Wildman–Crippen LogP) is 2.66. The molecule has 1 fully saturated rings. The van der Waals surface area contributed by atoms with Gasteiger partial charge in [0.1, 0.15) is 11.6 Å². The maximum Gasteiger partial charge on any atom is 0.254 e. The van der Waals surface area contributed by atoms with Crippen molar-refractivity contribution in [3.05, 3.63) is 71.9 Å². The molecule has 1 aliphatic rings. The standard InChI is InChI=1S/C20H17F2N3O3S/c21-16-6-2-7-17(22)19(16)29(27,28)25-12-10-24(11-13-25)20(26)15-4-1-8-18-14(15)5-3-9-23-18/h1-9H,10-13H2. The third-order valence-electron chi connectivity index (χ3n) is 4.92. The number of fused-ring (bicyclic) bond motifs is 1. The Morgan fingerprint density at radius 2 is 1.55 bits per heavy atom. The van der Waals surface area contributed by atoms with E-state index in [4.69, 9.17) is 0 Å². The Labute approximate surface area is 166 Å². The molecule has 0 unspecified atom stereocenters. The highest BCUT2D eigenvalue weighted by atomic mass is 32.2. The summed E-state index contributed by atoms with van der Waals surface area (Å²) in [6, 6.07) is 11.7. The second-order valence-corrected chi connectivity index (χ2v) is 8.50. The first-order chi connectivity index (χ1) is 13.9. The summed E-state index contributed by atoms with van der Waals surface area (Å²) in [5.41, 5.74) is 1.17. The zero-order chi connectivity index (χ0) is 20.6. The number of pyridine rings is 1. The molecule has 0 spiro atoms. The van der Waals surface area contributed by atoms with E-state index >= 15 is 0 Å². The molecule has 9 heteroatoms. The Kier molecular flexibility index (Phi) is 5.01. The monoisotopic (exact) mass is 417 g/mol. The van der Waals surface area contributed by atoms with Crippen LogP contribution in [0.2, 0.25) is 0 Å². The van der Waals surface area contributed by atoms with Gasteiger partial charge in [0.05, 0.1) is 5.52 Å². The SMILES string of the molecule is O=C(c1cccc2ncccc12)N1CCN(S(=O)(=O)c2c(F)cccc2F)CC1. The quantitative estimate of drug-likeness (QED) is 0.657. The minimum atomic E-state index is -4.34.